The molecule has 2 saturated carbocycles. The van der Waals surface area contributed by atoms with E-state index >= 15 is 0 Å². The van der Waals surface area contributed by atoms with E-state index in [0.29, 0.717) is 17.9 Å². The zero-order valence-corrected chi connectivity index (χ0v) is 9.07. The summed E-state index contributed by atoms with van der Waals surface area (Å²) in [6, 6.07) is 0.700. The summed E-state index contributed by atoms with van der Waals surface area (Å²) in [7, 11) is 4.27. The minimum absolute atomic E-state index is 0.370. The summed E-state index contributed by atoms with van der Waals surface area (Å²) in [5, 5.41) is 0. The van der Waals surface area contributed by atoms with Crippen LogP contribution < -0.4 is 0 Å². The van der Waals surface area contributed by atoms with Crippen LogP contribution in [-0.4, -0.2) is 29.4 Å². The average Bonchev–Trinajstić information content (AvgIpc) is 2.55. The molecule has 2 fully saturated rings. The molecule has 0 aromatic heterocycles. The molecule has 0 aromatic carbocycles. The molecule has 0 saturated heterocycles. The first kappa shape index (κ1) is 9.11. The molecule has 0 amide bonds. The van der Waals surface area contributed by atoms with Gasteiger partial charge in [0.25, 0.3) is 0 Å². The lowest BCUT2D eigenvalue weighted by Gasteiger charge is -2.26. The molecule has 3 atom stereocenters. The maximum Gasteiger partial charge on any atom is 0.124 e. The van der Waals surface area contributed by atoms with Crippen molar-refractivity contribution >= 4 is 23.2 Å². The number of halogens is 2. The first-order valence-corrected chi connectivity index (χ1v) is 5.33. The van der Waals surface area contributed by atoms with Gasteiger partial charge in [0.15, 0.2) is 0 Å². The predicted molar refractivity (Wildman–Crippen MR) is 52.7 cm³/mol. The maximum absolute atomic E-state index is 6.13. The number of alkyl halides is 2. The third-order valence-electron chi connectivity index (χ3n) is 3.43. The fraction of sp³-hybridized carbons (Fsp3) is 1.00. The smallest absolute Gasteiger partial charge is 0.124 e. The van der Waals surface area contributed by atoms with E-state index in [9.17, 15) is 0 Å². The lowest BCUT2D eigenvalue weighted by Crippen LogP contribution is -2.30. The van der Waals surface area contributed by atoms with Crippen LogP contribution in [0.25, 0.3) is 0 Å². The molecule has 0 heterocycles. The third kappa shape index (κ3) is 1.26. The highest BCUT2D eigenvalue weighted by molar-refractivity contribution is 6.51. The molecule has 1 nitrogen and oxygen atoms in total. The number of fused-ring (bicyclic) bond motifs is 1. The topological polar surface area (TPSA) is 3.24 Å². The Morgan fingerprint density at radius 3 is 2.33 bits per heavy atom. The van der Waals surface area contributed by atoms with E-state index in [0.717, 1.165) is 0 Å². The normalized spacial score (nSPS) is 44.2. The second-order valence-electron chi connectivity index (χ2n) is 4.32. The third-order valence-corrected chi connectivity index (χ3v) is 4.55. The van der Waals surface area contributed by atoms with Gasteiger partial charge in [0.2, 0.25) is 0 Å². The fourth-order valence-electron chi connectivity index (χ4n) is 2.43. The van der Waals surface area contributed by atoms with Crippen LogP contribution in [0.15, 0.2) is 0 Å². The molecule has 0 spiro atoms. The van der Waals surface area contributed by atoms with E-state index in [1.165, 1.54) is 19.3 Å². The maximum atomic E-state index is 6.13. The molecule has 70 valence electrons. The SMILES string of the molecule is CN(C)C1CCC2C(C1)C2(Cl)Cl. The Morgan fingerprint density at radius 2 is 1.83 bits per heavy atom. The number of rotatable bonds is 1. The molecule has 0 radical (unpaired) electrons. The molecule has 2 rings (SSSR count). The van der Waals surface area contributed by atoms with Gasteiger partial charge >= 0.3 is 0 Å². The second kappa shape index (κ2) is 2.76. The highest BCUT2D eigenvalue weighted by Crippen LogP contribution is 2.65. The van der Waals surface area contributed by atoms with Gasteiger partial charge in [0, 0.05) is 6.04 Å². The summed E-state index contributed by atoms with van der Waals surface area (Å²) >= 11 is 12.3. The molecule has 0 aliphatic heterocycles. The van der Waals surface area contributed by atoms with Gasteiger partial charge in [-0.25, -0.2) is 0 Å². The van der Waals surface area contributed by atoms with Crippen LogP contribution >= 0.6 is 23.2 Å². The van der Waals surface area contributed by atoms with Crippen molar-refractivity contribution in [2.45, 2.75) is 29.6 Å². The molecular formula is C9H15Cl2N. The van der Waals surface area contributed by atoms with Crippen molar-refractivity contribution in [1.82, 2.24) is 4.90 Å². The summed E-state index contributed by atoms with van der Waals surface area (Å²) in [4.78, 5) is 2.29. The molecule has 0 bridgehead atoms. The van der Waals surface area contributed by atoms with Crippen LogP contribution in [0.4, 0.5) is 0 Å². The minimum Gasteiger partial charge on any atom is -0.306 e. The molecule has 0 N–H and O–H groups in total. The fourth-order valence-corrected chi connectivity index (χ4v) is 3.31. The van der Waals surface area contributed by atoms with Crippen molar-refractivity contribution in [3.05, 3.63) is 0 Å². The predicted octanol–water partition coefficient (Wildman–Crippen LogP) is 2.52. The summed E-state index contributed by atoms with van der Waals surface area (Å²) in [5.74, 6) is 1.17. The van der Waals surface area contributed by atoms with Crippen molar-refractivity contribution in [2.75, 3.05) is 14.1 Å². The summed E-state index contributed by atoms with van der Waals surface area (Å²) in [6.07, 6.45) is 3.65. The number of nitrogens with zero attached hydrogens (tertiary/aromatic N) is 1. The van der Waals surface area contributed by atoms with Gasteiger partial charge < -0.3 is 4.90 Å². The van der Waals surface area contributed by atoms with Crippen LogP contribution in [0.2, 0.25) is 0 Å². The van der Waals surface area contributed by atoms with E-state index in [2.05, 4.69) is 19.0 Å². The van der Waals surface area contributed by atoms with Gasteiger partial charge in [0.1, 0.15) is 4.33 Å². The first-order valence-electron chi connectivity index (χ1n) is 4.57. The van der Waals surface area contributed by atoms with Crippen molar-refractivity contribution in [3.8, 4) is 0 Å². The van der Waals surface area contributed by atoms with Crippen molar-refractivity contribution < 1.29 is 0 Å². The highest BCUT2D eigenvalue weighted by Gasteiger charge is 2.64. The molecule has 3 unspecified atom stereocenters. The summed E-state index contributed by atoms with van der Waals surface area (Å²) in [5.41, 5.74) is 0. The Kier molecular flexibility index (Phi) is 2.10. The van der Waals surface area contributed by atoms with Gasteiger partial charge in [-0.15, -0.1) is 23.2 Å². The quantitative estimate of drug-likeness (QED) is 0.598. The van der Waals surface area contributed by atoms with Gasteiger partial charge in [-0.1, -0.05) is 0 Å². The lowest BCUT2D eigenvalue weighted by molar-refractivity contribution is 0.222. The summed E-state index contributed by atoms with van der Waals surface area (Å²) in [6.45, 7) is 0. The van der Waals surface area contributed by atoms with E-state index in [1.54, 1.807) is 0 Å². The first-order chi connectivity index (χ1) is 5.53. The van der Waals surface area contributed by atoms with Crippen LogP contribution in [-0.2, 0) is 0 Å². The van der Waals surface area contributed by atoms with Gasteiger partial charge in [0.05, 0.1) is 0 Å². The molecule has 0 aromatic rings. The molecule has 2 aliphatic rings. The van der Waals surface area contributed by atoms with Crippen molar-refractivity contribution in [2.24, 2.45) is 11.8 Å². The molecular weight excluding hydrogens is 193 g/mol. The molecule has 12 heavy (non-hydrogen) atoms. The largest absolute Gasteiger partial charge is 0.306 e. The zero-order chi connectivity index (χ0) is 8.93. The van der Waals surface area contributed by atoms with Gasteiger partial charge in [-0.2, -0.15) is 0 Å². The Morgan fingerprint density at radius 1 is 1.17 bits per heavy atom. The Bertz CT molecular complexity index is 191. The van der Waals surface area contributed by atoms with Gasteiger partial charge in [-0.05, 0) is 45.2 Å². The highest BCUT2D eigenvalue weighted by atomic mass is 35.5. The monoisotopic (exact) mass is 207 g/mol. The van der Waals surface area contributed by atoms with Crippen LogP contribution in [0.3, 0.4) is 0 Å². The summed E-state index contributed by atoms with van der Waals surface area (Å²) < 4.78 is -0.370. The lowest BCUT2D eigenvalue weighted by atomic mass is 9.95. The van der Waals surface area contributed by atoms with Crippen LogP contribution in [0, 0.1) is 11.8 Å². The average molecular weight is 208 g/mol. The van der Waals surface area contributed by atoms with E-state index in [1.807, 2.05) is 0 Å². The van der Waals surface area contributed by atoms with Crippen molar-refractivity contribution in [1.29, 1.82) is 0 Å². The van der Waals surface area contributed by atoms with Crippen LogP contribution in [0.1, 0.15) is 19.3 Å². The molecule has 2 aliphatic carbocycles. The van der Waals surface area contributed by atoms with E-state index in [4.69, 9.17) is 23.2 Å². The van der Waals surface area contributed by atoms with Crippen molar-refractivity contribution in [3.63, 3.8) is 0 Å². The number of hydrogen-bond donors (Lipinski definition) is 0. The standard InChI is InChI=1S/C9H15Cl2N/c1-12(2)6-3-4-7-8(5-6)9(7,10)11/h6-8H,3-5H2,1-2H3. The minimum atomic E-state index is -0.370. The second-order valence-corrected chi connectivity index (χ2v) is 5.76. The number of hydrogen-bond acceptors (Lipinski definition) is 1. The Labute approximate surface area is 84.0 Å². The van der Waals surface area contributed by atoms with E-state index < -0.39 is 0 Å². The zero-order valence-electron chi connectivity index (χ0n) is 7.56. The molecule has 3 heteroatoms. The Balaban J connectivity index is 1.97. The van der Waals surface area contributed by atoms with Crippen LogP contribution in [0.5, 0.6) is 0 Å². The Hall–Kier alpha value is 0.540. The van der Waals surface area contributed by atoms with Gasteiger partial charge in [-0.3, -0.25) is 0 Å². The van der Waals surface area contributed by atoms with E-state index in [-0.39, 0.29) is 4.33 Å².